The average molecular weight is 329 g/mol. The molecule has 0 radical (unpaired) electrons. The first-order valence-corrected chi connectivity index (χ1v) is 8.15. The third kappa shape index (κ3) is 2.26. The molecular weight excluding hydrogens is 314 g/mol. The second kappa shape index (κ2) is 5.62. The lowest BCUT2D eigenvalue weighted by Gasteiger charge is -2.17. The van der Waals surface area contributed by atoms with E-state index in [2.05, 4.69) is 0 Å². The number of aromatic hydroxyl groups is 1. The van der Waals surface area contributed by atoms with E-state index in [1.165, 1.54) is 24.3 Å². The van der Waals surface area contributed by atoms with Crippen LogP contribution in [0.2, 0.25) is 0 Å². The maximum atomic E-state index is 12.6. The Bertz CT molecular complexity index is 833. The summed E-state index contributed by atoms with van der Waals surface area (Å²) in [6, 6.07) is 5.92. The number of phenols is 1. The smallest absolute Gasteiger partial charge is 0.263 e. The van der Waals surface area contributed by atoms with Crippen LogP contribution in [0.15, 0.2) is 24.3 Å². The molecule has 0 saturated carbocycles. The largest absolute Gasteiger partial charge is 0.507 e. The van der Waals surface area contributed by atoms with Crippen molar-refractivity contribution in [2.45, 2.75) is 13.8 Å². The molecular formula is C17H15NO4S. The number of nitrogens with zero attached hydrogens (tertiary/aromatic N) is 1. The first kappa shape index (κ1) is 15.4. The predicted octanol–water partition coefficient (Wildman–Crippen LogP) is 2.71. The van der Waals surface area contributed by atoms with Crippen LogP contribution in [0.3, 0.4) is 0 Å². The molecule has 1 N–H and O–H groups in total. The van der Waals surface area contributed by atoms with Crippen LogP contribution in [0.4, 0.5) is 0 Å². The zero-order valence-corrected chi connectivity index (χ0v) is 13.6. The summed E-state index contributed by atoms with van der Waals surface area (Å²) in [4.78, 5) is 39.8. The van der Waals surface area contributed by atoms with Crippen LogP contribution in [0.5, 0.6) is 5.75 Å². The number of thiophene rings is 1. The van der Waals surface area contributed by atoms with Gasteiger partial charge in [-0.05, 0) is 26.0 Å². The van der Waals surface area contributed by atoms with Crippen molar-refractivity contribution in [1.82, 2.24) is 4.90 Å². The van der Waals surface area contributed by atoms with E-state index in [0.717, 1.165) is 11.3 Å². The number of benzene rings is 1. The van der Waals surface area contributed by atoms with Gasteiger partial charge >= 0.3 is 0 Å². The Hall–Kier alpha value is -2.47. The van der Waals surface area contributed by atoms with Gasteiger partial charge in [-0.25, -0.2) is 0 Å². The highest BCUT2D eigenvalue weighted by atomic mass is 32.1. The van der Waals surface area contributed by atoms with E-state index in [0.29, 0.717) is 18.0 Å². The molecule has 0 unspecified atom stereocenters. The van der Waals surface area contributed by atoms with Crippen molar-refractivity contribution in [2.75, 3.05) is 13.1 Å². The van der Waals surface area contributed by atoms with E-state index in [1.54, 1.807) is 4.90 Å². The highest BCUT2D eigenvalue weighted by Crippen LogP contribution is 2.37. The van der Waals surface area contributed by atoms with Crippen molar-refractivity contribution >= 4 is 28.8 Å². The van der Waals surface area contributed by atoms with Gasteiger partial charge < -0.3 is 10.0 Å². The fourth-order valence-corrected chi connectivity index (χ4v) is 3.80. The second-order valence-electron chi connectivity index (χ2n) is 5.19. The molecule has 5 nitrogen and oxygen atoms in total. The number of rotatable bonds is 3. The molecule has 0 bridgehead atoms. The van der Waals surface area contributed by atoms with Crippen molar-refractivity contribution in [1.29, 1.82) is 0 Å². The summed E-state index contributed by atoms with van der Waals surface area (Å²) in [7, 11) is 0. The highest BCUT2D eigenvalue weighted by Gasteiger charge is 2.35. The standard InChI is InChI=1S/C17H15NO4S/c1-3-18(4-2)17(22)12-8-10-14(20)9-6-5-7-11(19)13(9)15(21)16(10)23-12/h5-8,19H,3-4H2,1-2H3. The Balaban J connectivity index is 2.11. The van der Waals surface area contributed by atoms with Gasteiger partial charge in [0.05, 0.1) is 15.3 Å². The molecule has 3 rings (SSSR count). The molecule has 1 aliphatic carbocycles. The predicted molar refractivity (Wildman–Crippen MR) is 86.5 cm³/mol. The zero-order chi connectivity index (χ0) is 16.7. The molecule has 23 heavy (non-hydrogen) atoms. The Morgan fingerprint density at radius 2 is 1.83 bits per heavy atom. The van der Waals surface area contributed by atoms with Crippen LogP contribution < -0.4 is 0 Å². The number of ketones is 2. The first-order valence-electron chi connectivity index (χ1n) is 7.34. The molecule has 1 amide bonds. The van der Waals surface area contributed by atoms with Crippen molar-refractivity contribution in [2.24, 2.45) is 0 Å². The van der Waals surface area contributed by atoms with Crippen molar-refractivity contribution < 1.29 is 19.5 Å². The topological polar surface area (TPSA) is 74.7 Å². The maximum absolute atomic E-state index is 12.6. The zero-order valence-electron chi connectivity index (χ0n) is 12.8. The van der Waals surface area contributed by atoms with Crippen LogP contribution in [0.1, 0.15) is 54.7 Å². The summed E-state index contributed by atoms with van der Waals surface area (Å²) in [5.41, 5.74) is 0.449. The number of phenolic OH excluding ortho intramolecular Hbond substituents is 1. The monoisotopic (exact) mass is 329 g/mol. The molecule has 2 aromatic rings. The summed E-state index contributed by atoms with van der Waals surface area (Å²) in [5, 5.41) is 9.91. The Labute approximate surface area is 137 Å². The van der Waals surface area contributed by atoms with Gasteiger partial charge in [-0.3, -0.25) is 14.4 Å². The van der Waals surface area contributed by atoms with Crippen LogP contribution >= 0.6 is 11.3 Å². The Kier molecular flexibility index (Phi) is 3.77. The molecule has 0 atom stereocenters. The molecule has 1 heterocycles. The number of carbonyl (C=O) groups excluding carboxylic acids is 3. The molecule has 0 saturated heterocycles. The van der Waals surface area contributed by atoms with E-state index in [9.17, 15) is 19.5 Å². The molecule has 0 fully saturated rings. The molecule has 1 aliphatic rings. The average Bonchev–Trinajstić information content (AvgIpc) is 2.99. The third-order valence-corrected chi connectivity index (χ3v) is 5.08. The summed E-state index contributed by atoms with van der Waals surface area (Å²) >= 11 is 1.01. The van der Waals surface area contributed by atoms with Gasteiger partial charge in [-0.15, -0.1) is 11.3 Å². The van der Waals surface area contributed by atoms with E-state index >= 15 is 0 Å². The minimum atomic E-state index is -0.406. The van der Waals surface area contributed by atoms with Crippen LogP contribution in [0, 0.1) is 0 Å². The van der Waals surface area contributed by atoms with Gasteiger partial charge in [-0.2, -0.15) is 0 Å². The summed E-state index contributed by atoms with van der Waals surface area (Å²) in [5.74, 6) is -1.14. The third-order valence-electron chi connectivity index (χ3n) is 3.96. The fourth-order valence-electron chi connectivity index (χ4n) is 2.73. The SMILES string of the molecule is CCN(CC)C(=O)c1cc2c(s1)C(=O)c1c(O)cccc1C2=O. The molecule has 6 heteroatoms. The van der Waals surface area contributed by atoms with Gasteiger partial charge in [0.15, 0.2) is 5.78 Å². The summed E-state index contributed by atoms with van der Waals surface area (Å²) in [6.07, 6.45) is 0. The number of carbonyl (C=O) groups is 3. The van der Waals surface area contributed by atoms with Gasteiger partial charge in [0.1, 0.15) is 5.75 Å². The van der Waals surface area contributed by atoms with E-state index in [-0.39, 0.29) is 39.0 Å². The van der Waals surface area contributed by atoms with Crippen molar-refractivity contribution in [3.8, 4) is 5.75 Å². The molecule has 0 spiro atoms. The van der Waals surface area contributed by atoms with Gasteiger partial charge in [0, 0.05) is 24.2 Å². The van der Waals surface area contributed by atoms with Crippen molar-refractivity contribution in [3.05, 3.63) is 50.7 Å². The van der Waals surface area contributed by atoms with E-state index in [1.807, 2.05) is 13.8 Å². The normalized spacial score (nSPS) is 12.8. The summed E-state index contributed by atoms with van der Waals surface area (Å²) in [6.45, 7) is 4.86. The minimum Gasteiger partial charge on any atom is -0.507 e. The number of hydrogen-bond donors (Lipinski definition) is 1. The fraction of sp³-hybridized carbons (Fsp3) is 0.235. The van der Waals surface area contributed by atoms with Crippen molar-refractivity contribution in [3.63, 3.8) is 0 Å². The molecule has 1 aromatic heterocycles. The van der Waals surface area contributed by atoms with E-state index < -0.39 is 5.78 Å². The van der Waals surface area contributed by atoms with Gasteiger partial charge in [0.25, 0.3) is 5.91 Å². The lowest BCUT2D eigenvalue weighted by Crippen LogP contribution is -2.29. The Morgan fingerprint density at radius 3 is 2.48 bits per heavy atom. The molecule has 1 aromatic carbocycles. The second-order valence-corrected chi connectivity index (χ2v) is 6.24. The van der Waals surface area contributed by atoms with E-state index in [4.69, 9.17) is 0 Å². The quantitative estimate of drug-likeness (QED) is 0.802. The summed E-state index contributed by atoms with van der Waals surface area (Å²) < 4.78 is 0. The minimum absolute atomic E-state index is 0.0219. The van der Waals surface area contributed by atoms with Crippen LogP contribution in [-0.4, -0.2) is 40.6 Å². The van der Waals surface area contributed by atoms with Crippen LogP contribution in [0.25, 0.3) is 0 Å². The molecule has 118 valence electrons. The molecule has 0 aliphatic heterocycles. The Morgan fingerprint density at radius 1 is 1.13 bits per heavy atom. The lowest BCUT2D eigenvalue weighted by atomic mass is 9.88. The van der Waals surface area contributed by atoms with Gasteiger partial charge in [0.2, 0.25) is 5.78 Å². The lowest BCUT2D eigenvalue weighted by molar-refractivity contribution is 0.0777. The van der Waals surface area contributed by atoms with Gasteiger partial charge in [-0.1, -0.05) is 12.1 Å². The first-order chi connectivity index (χ1) is 11.0. The number of hydrogen-bond acceptors (Lipinski definition) is 5. The van der Waals surface area contributed by atoms with Crippen LogP contribution in [-0.2, 0) is 0 Å². The number of amides is 1. The highest BCUT2D eigenvalue weighted by molar-refractivity contribution is 7.16. The number of fused-ring (bicyclic) bond motifs is 2. The maximum Gasteiger partial charge on any atom is 0.263 e.